The first-order valence-electron chi connectivity index (χ1n) is 6.94. The van der Waals surface area contributed by atoms with Crippen molar-refractivity contribution >= 4 is 27.5 Å². The van der Waals surface area contributed by atoms with Crippen LogP contribution >= 0.6 is 27.5 Å². The lowest BCUT2D eigenvalue weighted by molar-refractivity contribution is 0.307. The fourth-order valence-corrected chi connectivity index (χ4v) is 2.95. The summed E-state index contributed by atoms with van der Waals surface area (Å²) in [5, 5.41) is 4.19. The van der Waals surface area contributed by atoms with Crippen LogP contribution in [0.2, 0.25) is 5.02 Å². The molecule has 0 aliphatic heterocycles. The Labute approximate surface area is 139 Å². The van der Waals surface area contributed by atoms with Gasteiger partial charge in [0.15, 0.2) is 0 Å². The monoisotopic (exact) mass is 367 g/mol. The molecule has 0 radical (unpaired) electrons. The molecule has 0 saturated carbocycles. The van der Waals surface area contributed by atoms with Gasteiger partial charge in [0.25, 0.3) is 0 Å². The third-order valence-electron chi connectivity index (χ3n) is 3.24. The largest absolute Gasteiger partial charge is 0.492 e. The highest BCUT2D eigenvalue weighted by molar-refractivity contribution is 9.10. The van der Waals surface area contributed by atoms with Gasteiger partial charge in [0.1, 0.15) is 12.4 Å². The molecule has 0 bridgehead atoms. The number of rotatable bonds is 6. The van der Waals surface area contributed by atoms with Crippen LogP contribution in [0, 0.1) is 6.92 Å². The van der Waals surface area contributed by atoms with Gasteiger partial charge in [-0.05, 0) is 49.2 Å². The van der Waals surface area contributed by atoms with Crippen molar-refractivity contribution < 1.29 is 4.74 Å². The summed E-state index contributed by atoms with van der Waals surface area (Å²) in [4.78, 5) is 0. The molecule has 0 heterocycles. The van der Waals surface area contributed by atoms with E-state index in [0.717, 1.165) is 27.4 Å². The molecule has 1 unspecified atom stereocenters. The molecule has 2 aromatic rings. The van der Waals surface area contributed by atoms with E-state index in [9.17, 15) is 0 Å². The standard InChI is InChI=1S/C17H19BrClNO/c1-12-4-3-5-15(10-12)21-9-8-20-13(2)16-7-6-14(18)11-17(16)19/h3-7,10-11,13,20H,8-9H2,1-2H3. The lowest BCUT2D eigenvalue weighted by Gasteiger charge is -2.16. The third kappa shape index (κ3) is 5.03. The summed E-state index contributed by atoms with van der Waals surface area (Å²) < 4.78 is 6.71. The van der Waals surface area contributed by atoms with Crippen LogP contribution in [0.4, 0.5) is 0 Å². The highest BCUT2D eigenvalue weighted by Crippen LogP contribution is 2.26. The van der Waals surface area contributed by atoms with Crippen LogP contribution in [0.1, 0.15) is 24.1 Å². The smallest absolute Gasteiger partial charge is 0.119 e. The van der Waals surface area contributed by atoms with E-state index < -0.39 is 0 Å². The maximum absolute atomic E-state index is 6.25. The van der Waals surface area contributed by atoms with Crippen molar-refractivity contribution in [1.29, 1.82) is 0 Å². The predicted molar refractivity (Wildman–Crippen MR) is 92.2 cm³/mol. The van der Waals surface area contributed by atoms with Gasteiger partial charge in [-0.25, -0.2) is 0 Å². The molecule has 21 heavy (non-hydrogen) atoms. The number of hydrogen-bond donors (Lipinski definition) is 1. The minimum atomic E-state index is 0.187. The van der Waals surface area contributed by atoms with Gasteiger partial charge in [-0.15, -0.1) is 0 Å². The van der Waals surface area contributed by atoms with Gasteiger partial charge < -0.3 is 10.1 Å². The molecule has 2 rings (SSSR count). The van der Waals surface area contributed by atoms with Crippen LogP contribution in [-0.2, 0) is 0 Å². The first-order valence-corrected chi connectivity index (χ1v) is 8.11. The second-order valence-electron chi connectivity index (χ2n) is 5.01. The average molecular weight is 369 g/mol. The zero-order valence-electron chi connectivity index (χ0n) is 12.2. The summed E-state index contributed by atoms with van der Waals surface area (Å²) in [6.07, 6.45) is 0. The van der Waals surface area contributed by atoms with Crippen molar-refractivity contribution in [3.8, 4) is 5.75 Å². The second-order valence-corrected chi connectivity index (χ2v) is 6.33. The zero-order valence-corrected chi connectivity index (χ0v) is 14.5. The molecule has 1 N–H and O–H groups in total. The molecule has 0 aliphatic rings. The van der Waals surface area contributed by atoms with Crippen molar-refractivity contribution in [3.05, 3.63) is 63.1 Å². The normalized spacial score (nSPS) is 12.2. The maximum atomic E-state index is 6.25. The molecule has 1 atom stereocenters. The summed E-state index contributed by atoms with van der Waals surface area (Å²) in [6, 6.07) is 14.2. The Morgan fingerprint density at radius 2 is 2.05 bits per heavy atom. The summed E-state index contributed by atoms with van der Waals surface area (Å²) in [5.74, 6) is 0.908. The predicted octanol–water partition coefficient (Wildman–Crippen LogP) is 5.14. The summed E-state index contributed by atoms with van der Waals surface area (Å²) in [6.45, 7) is 5.55. The van der Waals surface area contributed by atoms with Gasteiger partial charge >= 0.3 is 0 Å². The molecule has 2 nitrogen and oxygen atoms in total. The van der Waals surface area contributed by atoms with Crippen molar-refractivity contribution in [2.24, 2.45) is 0 Å². The fourth-order valence-electron chi connectivity index (χ4n) is 2.11. The first-order chi connectivity index (χ1) is 10.1. The third-order valence-corrected chi connectivity index (χ3v) is 4.06. The number of ether oxygens (including phenoxy) is 1. The Kier molecular flexibility index (Phi) is 6.09. The maximum Gasteiger partial charge on any atom is 0.119 e. The second kappa shape index (κ2) is 7.83. The quantitative estimate of drug-likeness (QED) is 0.713. The van der Waals surface area contributed by atoms with Crippen LogP contribution in [0.15, 0.2) is 46.9 Å². The molecule has 0 aliphatic carbocycles. The highest BCUT2D eigenvalue weighted by Gasteiger charge is 2.09. The Balaban J connectivity index is 1.80. The molecule has 0 saturated heterocycles. The Hall–Kier alpha value is -1.03. The molecule has 0 aromatic heterocycles. The van der Waals surface area contributed by atoms with Crippen LogP contribution < -0.4 is 10.1 Å². The van der Waals surface area contributed by atoms with Gasteiger partial charge in [-0.3, -0.25) is 0 Å². The lowest BCUT2D eigenvalue weighted by Crippen LogP contribution is -2.24. The molecule has 0 amide bonds. The molecule has 2 aromatic carbocycles. The number of benzene rings is 2. The van der Waals surface area contributed by atoms with Crippen molar-refractivity contribution in [3.63, 3.8) is 0 Å². The van der Waals surface area contributed by atoms with Crippen molar-refractivity contribution in [1.82, 2.24) is 5.32 Å². The van der Waals surface area contributed by atoms with E-state index in [4.69, 9.17) is 16.3 Å². The minimum absolute atomic E-state index is 0.187. The van der Waals surface area contributed by atoms with Gasteiger partial charge in [-0.2, -0.15) is 0 Å². The van der Waals surface area contributed by atoms with Crippen LogP contribution in [0.5, 0.6) is 5.75 Å². The van der Waals surface area contributed by atoms with Crippen LogP contribution in [0.25, 0.3) is 0 Å². The van der Waals surface area contributed by atoms with E-state index >= 15 is 0 Å². The number of halogens is 2. The van der Waals surface area contributed by atoms with E-state index in [-0.39, 0.29) is 6.04 Å². The SMILES string of the molecule is Cc1cccc(OCCNC(C)c2ccc(Br)cc2Cl)c1. The fraction of sp³-hybridized carbons (Fsp3) is 0.294. The van der Waals surface area contributed by atoms with Gasteiger partial charge in [0, 0.05) is 22.1 Å². The molecular formula is C17H19BrClNO. The van der Waals surface area contributed by atoms with Crippen LogP contribution in [0.3, 0.4) is 0 Å². The summed E-state index contributed by atoms with van der Waals surface area (Å²) in [5.41, 5.74) is 2.30. The van der Waals surface area contributed by atoms with Crippen molar-refractivity contribution in [2.75, 3.05) is 13.2 Å². The van der Waals surface area contributed by atoms with Crippen LogP contribution in [-0.4, -0.2) is 13.2 Å². The van der Waals surface area contributed by atoms with Gasteiger partial charge in [0.2, 0.25) is 0 Å². The average Bonchev–Trinajstić information content (AvgIpc) is 2.43. The minimum Gasteiger partial charge on any atom is -0.492 e. The molecular weight excluding hydrogens is 350 g/mol. The van der Waals surface area contributed by atoms with E-state index in [1.54, 1.807) is 0 Å². The number of hydrogen-bond acceptors (Lipinski definition) is 2. The topological polar surface area (TPSA) is 21.3 Å². The first kappa shape index (κ1) is 16.3. The summed E-state index contributed by atoms with van der Waals surface area (Å²) in [7, 11) is 0. The van der Waals surface area contributed by atoms with E-state index in [1.165, 1.54) is 5.56 Å². The Morgan fingerprint density at radius 1 is 1.24 bits per heavy atom. The van der Waals surface area contributed by atoms with Crippen molar-refractivity contribution in [2.45, 2.75) is 19.9 Å². The zero-order chi connectivity index (χ0) is 15.2. The van der Waals surface area contributed by atoms with Gasteiger partial charge in [0.05, 0.1) is 0 Å². The Bertz CT molecular complexity index is 603. The van der Waals surface area contributed by atoms with Gasteiger partial charge in [-0.1, -0.05) is 45.7 Å². The molecule has 0 fully saturated rings. The Morgan fingerprint density at radius 3 is 2.76 bits per heavy atom. The number of nitrogens with one attached hydrogen (secondary N) is 1. The number of aryl methyl sites for hydroxylation is 1. The van der Waals surface area contributed by atoms with E-state index in [0.29, 0.717) is 6.61 Å². The molecule has 112 valence electrons. The molecule has 4 heteroatoms. The van der Waals surface area contributed by atoms with E-state index in [1.807, 2.05) is 36.4 Å². The summed E-state index contributed by atoms with van der Waals surface area (Å²) >= 11 is 9.67. The lowest BCUT2D eigenvalue weighted by atomic mass is 10.1. The molecule has 0 spiro atoms. The highest BCUT2D eigenvalue weighted by atomic mass is 79.9. The van der Waals surface area contributed by atoms with E-state index in [2.05, 4.69) is 41.2 Å².